The maximum absolute atomic E-state index is 11.9. The van der Waals surface area contributed by atoms with E-state index >= 15 is 0 Å². The van der Waals surface area contributed by atoms with E-state index in [9.17, 15) is 4.79 Å². The second-order valence-corrected chi connectivity index (χ2v) is 6.14. The predicted molar refractivity (Wildman–Crippen MR) is 81.5 cm³/mol. The van der Waals surface area contributed by atoms with Crippen molar-refractivity contribution in [2.24, 2.45) is 5.73 Å². The summed E-state index contributed by atoms with van der Waals surface area (Å²) in [6, 6.07) is 7.11. The van der Waals surface area contributed by atoms with E-state index in [0.29, 0.717) is 18.7 Å². The Morgan fingerprint density at radius 3 is 2.71 bits per heavy atom. The van der Waals surface area contributed by atoms with Crippen molar-refractivity contribution in [1.29, 1.82) is 0 Å². The second-order valence-electron chi connectivity index (χ2n) is 6.14. The van der Waals surface area contributed by atoms with Crippen molar-refractivity contribution in [2.75, 3.05) is 19.8 Å². The maximum atomic E-state index is 11.9. The molecule has 2 rings (SSSR count). The number of rotatable bonds is 6. The Balaban J connectivity index is 1.81. The minimum absolute atomic E-state index is 0.126. The Morgan fingerprint density at radius 2 is 2.14 bits per heavy atom. The molecular formula is C16H24N2O3. The molecule has 1 aromatic carbocycles. The van der Waals surface area contributed by atoms with Gasteiger partial charge in [0, 0.05) is 24.3 Å². The topological polar surface area (TPSA) is 73.6 Å². The van der Waals surface area contributed by atoms with Gasteiger partial charge in [0.25, 0.3) is 5.91 Å². The summed E-state index contributed by atoms with van der Waals surface area (Å²) in [7, 11) is 0. The fourth-order valence-corrected chi connectivity index (χ4v) is 2.08. The molecule has 0 bridgehead atoms. The van der Waals surface area contributed by atoms with Gasteiger partial charge < -0.3 is 20.5 Å². The number of carbonyl (C=O) groups excluding carboxylic acids is 1. The number of hydrogen-bond donors (Lipinski definition) is 2. The van der Waals surface area contributed by atoms with Gasteiger partial charge in [-0.2, -0.15) is 0 Å². The Kier molecular flexibility index (Phi) is 5.20. The Labute approximate surface area is 125 Å². The van der Waals surface area contributed by atoms with Crippen molar-refractivity contribution in [2.45, 2.75) is 38.3 Å². The molecule has 1 unspecified atom stereocenters. The van der Waals surface area contributed by atoms with E-state index in [1.807, 2.05) is 13.8 Å². The molecule has 0 spiro atoms. The average molecular weight is 292 g/mol. The van der Waals surface area contributed by atoms with Gasteiger partial charge >= 0.3 is 0 Å². The van der Waals surface area contributed by atoms with Crippen LogP contribution in [-0.4, -0.2) is 37.3 Å². The lowest BCUT2D eigenvalue weighted by Crippen LogP contribution is -2.45. The highest BCUT2D eigenvalue weighted by Crippen LogP contribution is 2.16. The molecular weight excluding hydrogens is 268 g/mol. The maximum Gasteiger partial charge on any atom is 0.251 e. The third kappa shape index (κ3) is 5.36. The van der Waals surface area contributed by atoms with Crippen LogP contribution < -0.4 is 15.8 Å². The molecule has 3 N–H and O–H groups in total. The molecule has 1 atom stereocenters. The summed E-state index contributed by atoms with van der Waals surface area (Å²) in [6.45, 7) is 5.56. The van der Waals surface area contributed by atoms with Crippen LogP contribution in [0.25, 0.3) is 0 Å². The molecule has 1 amide bonds. The summed E-state index contributed by atoms with van der Waals surface area (Å²) in [6.07, 6.45) is 2.35. The lowest BCUT2D eigenvalue weighted by atomic mass is 10.1. The molecule has 1 saturated heterocycles. The molecule has 1 aliphatic rings. The molecule has 0 aliphatic carbocycles. The Morgan fingerprint density at radius 1 is 1.43 bits per heavy atom. The summed E-state index contributed by atoms with van der Waals surface area (Å²) in [5.41, 5.74) is 6.02. The summed E-state index contributed by atoms with van der Waals surface area (Å²) < 4.78 is 11.2. The number of ether oxygens (including phenoxy) is 2. The molecule has 5 heteroatoms. The van der Waals surface area contributed by atoms with Crippen LogP contribution in [0.5, 0.6) is 5.75 Å². The van der Waals surface area contributed by atoms with Gasteiger partial charge in [0.1, 0.15) is 12.4 Å². The van der Waals surface area contributed by atoms with Crippen LogP contribution in [0.3, 0.4) is 0 Å². The molecule has 1 aliphatic heterocycles. The highest BCUT2D eigenvalue weighted by atomic mass is 16.5. The van der Waals surface area contributed by atoms with Crippen LogP contribution in [0.4, 0.5) is 0 Å². The van der Waals surface area contributed by atoms with Crippen LogP contribution in [0.1, 0.15) is 37.0 Å². The van der Waals surface area contributed by atoms with E-state index in [-0.39, 0.29) is 12.0 Å². The van der Waals surface area contributed by atoms with E-state index in [2.05, 4.69) is 5.32 Å². The minimum Gasteiger partial charge on any atom is -0.491 e. The standard InChI is InChI=1S/C16H24N2O3/c1-16(2,17)11-18-15(19)12-5-7-13(8-6-12)21-10-14-4-3-9-20-14/h5-8,14H,3-4,9-11,17H2,1-2H3,(H,18,19). The van der Waals surface area contributed by atoms with Gasteiger partial charge in [-0.3, -0.25) is 4.79 Å². The van der Waals surface area contributed by atoms with E-state index in [0.717, 1.165) is 25.2 Å². The molecule has 1 heterocycles. The van der Waals surface area contributed by atoms with Gasteiger partial charge in [-0.05, 0) is 51.0 Å². The van der Waals surface area contributed by atoms with Gasteiger partial charge in [-0.15, -0.1) is 0 Å². The molecule has 116 valence electrons. The highest BCUT2D eigenvalue weighted by Gasteiger charge is 2.16. The van der Waals surface area contributed by atoms with Crippen LogP contribution in [0, 0.1) is 0 Å². The summed E-state index contributed by atoms with van der Waals surface area (Å²) in [4.78, 5) is 11.9. The van der Waals surface area contributed by atoms with Crippen molar-refractivity contribution in [3.8, 4) is 5.75 Å². The van der Waals surface area contributed by atoms with E-state index in [1.54, 1.807) is 24.3 Å². The summed E-state index contributed by atoms with van der Waals surface area (Å²) >= 11 is 0. The van der Waals surface area contributed by atoms with Crippen molar-refractivity contribution >= 4 is 5.91 Å². The van der Waals surface area contributed by atoms with Crippen LogP contribution in [0.2, 0.25) is 0 Å². The van der Waals surface area contributed by atoms with Crippen LogP contribution >= 0.6 is 0 Å². The quantitative estimate of drug-likeness (QED) is 0.837. The zero-order valence-electron chi connectivity index (χ0n) is 12.7. The van der Waals surface area contributed by atoms with E-state index in [1.165, 1.54) is 0 Å². The third-order valence-electron chi connectivity index (χ3n) is 3.28. The first kappa shape index (κ1) is 15.8. The molecule has 0 radical (unpaired) electrons. The Bertz CT molecular complexity index is 459. The largest absolute Gasteiger partial charge is 0.491 e. The van der Waals surface area contributed by atoms with Gasteiger partial charge in [0.15, 0.2) is 0 Å². The van der Waals surface area contributed by atoms with Crippen LogP contribution in [0.15, 0.2) is 24.3 Å². The van der Waals surface area contributed by atoms with Crippen molar-refractivity contribution in [3.63, 3.8) is 0 Å². The number of nitrogens with two attached hydrogens (primary N) is 1. The fourth-order valence-electron chi connectivity index (χ4n) is 2.08. The van der Waals surface area contributed by atoms with Gasteiger partial charge in [-0.1, -0.05) is 0 Å². The third-order valence-corrected chi connectivity index (χ3v) is 3.28. The summed E-state index contributed by atoms with van der Waals surface area (Å²) in [5.74, 6) is 0.625. The van der Waals surface area contributed by atoms with E-state index < -0.39 is 5.54 Å². The molecule has 0 aromatic heterocycles. The predicted octanol–water partition coefficient (Wildman–Crippen LogP) is 1.71. The first-order valence-corrected chi connectivity index (χ1v) is 7.35. The highest BCUT2D eigenvalue weighted by molar-refractivity contribution is 5.94. The second kappa shape index (κ2) is 6.91. The van der Waals surface area contributed by atoms with Gasteiger partial charge in [0.05, 0.1) is 6.10 Å². The molecule has 0 saturated carbocycles. The number of benzene rings is 1. The van der Waals surface area contributed by atoms with Crippen molar-refractivity contribution < 1.29 is 14.3 Å². The zero-order valence-corrected chi connectivity index (χ0v) is 12.7. The van der Waals surface area contributed by atoms with E-state index in [4.69, 9.17) is 15.2 Å². The van der Waals surface area contributed by atoms with Crippen molar-refractivity contribution in [1.82, 2.24) is 5.32 Å². The molecule has 1 fully saturated rings. The van der Waals surface area contributed by atoms with Gasteiger partial charge in [0.2, 0.25) is 0 Å². The van der Waals surface area contributed by atoms with Crippen molar-refractivity contribution in [3.05, 3.63) is 29.8 Å². The minimum atomic E-state index is -0.417. The molecule has 21 heavy (non-hydrogen) atoms. The molecule has 5 nitrogen and oxygen atoms in total. The fraction of sp³-hybridized carbons (Fsp3) is 0.562. The monoisotopic (exact) mass is 292 g/mol. The average Bonchev–Trinajstić information content (AvgIpc) is 2.95. The van der Waals surface area contributed by atoms with Gasteiger partial charge in [-0.25, -0.2) is 0 Å². The molecule has 1 aromatic rings. The SMILES string of the molecule is CC(C)(N)CNC(=O)c1ccc(OCC2CCCO2)cc1. The number of nitrogens with one attached hydrogen (secondary N) is 1. The smallest absolute Gasteiger partial charge is 0.251 e. The summed E-state index contributed by atoms with van der Waals surface area (Å²) in [5, 5.41) is 2.81. The number of hydrogen-bond acceptors (Lipinski definition) is 4. The first-order valence-electron chi connectivity index (χ1n) is 7.35. The Hall–Kier alpha value is -1.59. The normalized spacial score (nSPS) is 18.5. The van der Waals surface area contributed by atoms with Crippen LogP contribution in [-0.2, 0) is 4.74 Å². The number of carbonyl (C=O) groups is 1. The lowest BCUT2D eigenvalue weighted by molar-refractivity contribution is 0.0679. The lowest BCUT2D eigenvalue weighted by Gasteiger charge is -2.19. The number of amides is 1. The zero-order chi connectivity index (χ0) is 15.3. The first-order chi connectivity index (χ1) is 9.94.